The summed E-state index contributed by atoms with van der Waals surface area (Å²) in [6.07, 6.45) is 6.87. The number of likely N-dealkylation sites (tertiary alicyclic amines) is 1. The minimum Gasteiger partial charge on any atom is -0.349 e. The van der Waals surface area contributed by atoms with Crippen molar-refractivity contribution in [1.82, 2.24) is 19.6 Å². The van der Waals surface area contributed by atoms with Gasteiger partial charge in [0.05, 0.1) is 12.6 Å². The van der Waals surface area contributed by atoms with E-state index in [1.807, 2.05) is 46.1 Å². The van der Waals surface area contributed by atoms with Crippen LogP contribution in [0.1, 0.15) is 24.8 Å². The minimum absolute atomic E-state index is 0.0693. The highest BCUT2D eigenvalue weighted by Gasteiger charge is 2.29. The molecule has 1 atom stereocenters. The first kappa shape index (κ1) is 18.9. The molecule has 7 nitrogen and oxygen atoms in total. The Balaban J connectivity index is 1.53. The molecule has 3 amide bonds. The predicted octanol–water partition coefficient (Wildman–Crippen LogP) is 2.60. The van der Waals surface area contributed by atoms with Crippen molar-refractivity contribution in [3.63, 3.8) is 0 Å². The molecule has 2 heterocycles. The van der Waals surface area contributed by atoms with Crippen LogP contribution in [-0.2, 0) is 17.8 Å². The molecular formula is C20H27N5O2. The van der Waals surface area contributed by atoms with Crippen molar-refractivity contribution < 1.29 is 9.59 Å². The molecule has 0 spiro atoms. The van der Waals surface area contributed by atoms with Gasteiger partial charge in [0.25, 0.3) is 0 Å². The highest BCUT2D eigenvalue weighted by atomic mass is 16.2. The van der Waals surface area contributed by atoms with Crippen LogP contribution in [0.2, 0.25) is 0 Å². The lowest BCUT2D eigenvalue weighted by atomic mass is 10.1. The standard InChI is InChI=1S/C20H27N5O2/c1-23(2)19(26)11-8-16-6-9-17(10-7-16)22-20(27)25-14-3-5-18(25)15-24-13-4-12-21-24/h4,6-7,9-10,12-13,18H,3,5,8,11,14-15H2,1-2H3,(H,22,27)/t18-/m0/s1. The van der Waals surface area contributed by atoms with Crippen molar-refractivity contribution in [1.29, 1.82) is 0 Å². The maximum Gasteiger partial charge on any atom is 0.322 e. The van der Waals surface area contributed by atoms with Crippen LogP contribution in [0.25, 0.3) is 0 Å². The van der Waals surface area contributed by atoms with E-state index >= 15 is 0 Å². The fourth-order valence-corrected chi connectivity index (χ4v) is 3.34. The number of anilines is 1. The van der Waals surface area contributed by atoms with E-state index in [-0.39, 0.29) is 18.0 Å². The van der Waals surface area contributed by atoms with Gasteiger partial charge in [-0.2, -0.15) is 5.10 Å². The van der Waals surface area contributed by atoms with Crippen molar-refractivity contribution >= 4 is 17.6 Å². The maximum atomic E-state index is 12.7. The zero-order valence-corrected chi connectivity index (χ0v) is 16.0. The Kier molecular flexibility index (Phi) is 6.11. The topological polar surface area (TPSA) is 70.5 Å². The number of aromatic nitrogens is 2. The highest BCUT2D eigenvalue weighted by molar-refractivity contribution is 5.89. The van der Waals surface area contributed by atoms with Crippen molar-refractivity contribution in [2.75, 3.05) is 26.0 Å². The summed E-state index contributed by atoms with van der Waals surface area (Å²) in [5.41, 5.74) is 1.85. The summed E-state index contributed by atoms with van der Waals surface area (Å²) in [5, 5.41) is 7.23. The van der Waals surface area contributed by atoms with Crippen molar-refractivity contribution in [2.24, 2.45) is 0 Å². The van der Waals surface area contributed by atoms with E-state index in [0.717, 1.165) is 37.2 Å². The smallest absolute Gasteiger partial charge is 0.322 e. The van der Waals surface area contributed by atoms with Gasteiger partial charge in [0, 0.05) is 45.1 Å². The Hall–Kier alpha value is -2.83. The molecule has 0 radical (unpaired) electrons. The lowest BCUT2D eigenvalue weighted by Crippen LogP contribution is -2.40. The van der Waals surface area contributed by atoms with Gasteiger partial charge in [-0.15, -0.1) is 0 Å². The van der Waals surface area contributed by atoms with Gasteiger partial charge < -0.3 is 15.1 Å². The Morgan fingerprint density at radius 3 is 2.70 bits per heavy atom. The SMILES string of the molecule is CN(C)C(=O)CCc1ccc(NC(=O)N2CCC[C@H]2Cn2cccn2)cc1. The van der Waals surface area contributed by atoms with E-state index in [2.05, 4.69) is 10.4 Å². The molecule has 1 saturated heterocycles. The van der Waals surface area contributed by atoms with Crippen LogP contribution < -0.4 is 5.32 Å². The van der Waals surface area contributed by atoms with Gasteiger partial charge in [-0.25, -0.2) is 4.79 Å². The summed E-state index contributed by atoms with van der Waals surface area (Å²) < 4.78 is 1.88. The summed E-state index contributed by atoms with van der Waals surface area (Å²) in [7, 11) is 3.53. The number of hydrogen-bond donors (Lipinski definition) is 1. The van der Waals surface area contributed by atoms with Crippen molar-refractivity contribution in [2.45, 2.75) is 38.3 Å². The first-order valence-electron chi connectivity index (χ1n) is 9.37. The number of amides is 3. The normalized spacial score (nSPS) is 16.4. The van der Waals surface area contributed by atoms with Gasteiger partial charge in [-0.3, -0.25) is 9.48 Å². The van der Waals surface area contributed by atoms with Crippen LogP contribution in [-0.4, -0.2) is 58.2 Å². The molecule has 0 saturated carbocycles. The molecular weight excluding hydrogens is 342 g/mol. The van der Waals surface area contributed by atoms with Gasteiger partial charge in [0.1, 0.15) is 0 Å². The maximum absolute atomic E-state index is 12.7. The summed E-state index contributed by atoms with van der Waals surface area (Å²) in [6.45, 7) is 1.49. The van der Waals surface area contributed by atoms with Gasteiger partial charge in [-0.1, -0.05) is 12.1 Å². The van der Waals surface area contributed by atoms with E-state index in [4.69, 9.17) is 0 Å². The van der Waals surface area contributed by atoms with E-state index < -0.39 is 0 Å². The average Bonchev–Trinajstić information content (AvgIpc) is 3.33. The van der Waals surface area contributed by atoms with E-state index in [0.29, 0.717) is 12.8 Å². The van der Waals surface area contributed by atoms with E-state index in [1.165, 1.54) is 0 Å². The van der Waals surface area contributed by atoms with Crippen molar-refractivity contribution in [3.8, 4) is 0 Å². The Bertz CT molecular complexity index is 755. The average molecular weight is 369 g/mol. The molecule has 1 N–H and O–H groups in total. The third-order valence-corrected chi connectivity index (χ3v) is 4.93. The van der Waals surface area contributed by atoms with Gasteiger partial charge >= 0.3 is 6.03 Å². The summed E-state index contributed by atoms with van der Waals surface area (Å²) in [6, 6.07) is 9.71. The molecule has 27 heavy (non-hydrogen) atoms. The number of benzene rings is 1. The molecule has 1 aromatic carbocycles. The Morgan fingerprint density at radius 1 is 1.26 bits per heavy atom. The molecule has 144 valence electrons. The monoisotopic (exact) mass is 369 g/mol. The Morgan fingerprint density at radius 2 is 2.04 bits per heavy atom. The van der Waals surface area contributed by atoms with Crippen molar-refractivity contribution in [3.05, 3.63) is 48.3 Å². The first-order chi connectivity index (χ1) is 13.0. The number of carbonyl (C=O) groups excluding carboxylic acids is 2. The van der Waals surface area contributed by atoms with Gasteiger partial charge in [0.2, 0.25) is 5.91 Å². The number of aryl methyl sites for hydroxylation is 1. The number of rotatable bonds is 6. The fraction of sp³-hybridized carbons (Fsp3) is 0.450. The van der Waals surface area contributed by atoms with Crippen LogP contribution in [0.3, 0.4) is 0 Å². The quantitative estimate of drug-likeness (QED) is 0.851. The van der Waals surface area contributed by atoms with Crippen LogP contribution >= 0.6 is 0 Å². The van der Waals surface area contributed by atoms with E-state index in [1.54, 1.807) is 25.2 Å². The zero-order chi connectivity index (χ0) is 19.2. The molecule has 1 aliphatic rings. The first-order valence-corrected chi connectivity index (χ1v) is 9.37. The molecule has 0 bridgehead atoms. The second-order valence-electron chi connectivity index (χ2n) is 7.13. The predicted molar refractivity (Wildman–Crippen MR) is 104 cm³/mol. The summed E-state index contributed by atoms with van der Waals surface area (Å²) in [4.78, 5) is 27.8. The van der Waals surface area contributed by atoms with Crippen LogP contribution in [0, 0.1) is 0 Å². The number of urea groups is 1. The third-order valence-electron chi connectivity index (χ3n) is 4.93. The van der Waals surface area contributed by atoms with Gasteiger partial charge in [0.15, 0.2) is 0 Å². The second kappa shape index (κ2) is 8.70. The summed E-state index contributed by atoms with van der Waals surface area (Å²) >= 11 is 0. The molecule has 1 aliphatic heterocycles. The van der Waals surface area contributed by atoms with Gasteiger partial charge in [-0.05, 0) is 43.0 Å². The summed E-state index contributed by atoms with van der Waals surface area (Å²) in [5.74, 6) is 0.115. The largest absolute Gasteiger partial charge is 0.349 e. The fourth-order valence-electron chi connectivity index (χ4n) is 3.34. The lowest BCUT2D eigenvalue weighted by Gasteiger charge is -2.25. The second-order valence-corrected chi connectivity index (χ2v) is 7.13. The molecule has 0 unspecified atom stereocenters. The number of carbonyl (C=O) groups is 2. The number of hydrogen-bond acceptors (Lipinski definition) is 3. The Labute approximate surface area is 159 Å². The zero-order valence-electron chi connectivity index (χ0n) is 16.0. The van der Waals surface area contributed by atoms with Crippen LogP contribution in [0.4, 0.5) is 10.5 Å². The molecule has 7 heteroatoms. The molecule has 0 aliphatic carbocycles. The van der Waals surface area contributed by atoms with E-state index in [9.17, 15) is 9.59 Å². The van der Waals surface area contributed by atoms with Crippen LogP contribution in [0.15, 0.2) is 42.7 Å². The molecule has 2 aromatic rings. The lowest BCUT2D eigenvalue weighted by molar-refractivity contribution is -0.128. The van der Waals surface area contributed by atoms with Crippen LogP contribution in [0.5, 0.6) is 0 Å². The molecule has 1 aromatic heterocycles. The number of nitrogens with one attached hydrogen (secondary N) is 1. The highest BCUT2D eigenvalue weighted by Crippen LogP contribution is 2.20. The molecule has 1 fully saturated rings. The molecule has 3 rings (SSSR count). The third kappa shape index (κ3) is 5.09. The number of nitrogens with zero attached hydrogens (tertiary/aromatic N) is 4. The minimum atomic E-state index is -0.0693.